The lowest BCUT2D eigenvalue weighted by atomic mass is 10.1. The molecule has 0 amide bonds. The molecule has 2 atom stereocenters. The first-order valence-electron chi connectivity index (χ1n) is 6.80. The van der Waals surface area contributed by atoms with Crippen molar-refractivity contribution in [3.8, 4) is 6.07 Å². The molecule has 1 saturated carbocycles. The molecular weight excluding hydrogens is 250 g/mol. The number of aromatic nitrogens is 2. The van der Waals surface area contributed by atoms with E-state index in [9.17, 15) is 0 Å². The SMILES string of the molecule is Cc1ccc(Cc2noc(C3C(C#N)C3(C)C)n2)cc1. The maximum Gasteiger partial charge on any atom is 0.231 e. The highest BCUT2D eigenvalue weighted by Gasteiger charge is 2.62. The summed E-state index contributed by atoms with van der Waals surface area (Å²) in [4.78, 5) is 4.45. The Morgan fingerprint density at radius 3 is 2.60 bits per heavy atom. The summed E-state index contributed by atoms with van der Waals surface area (Å²) in [5, 5.41) is 13.1. The van der Waals surface area contributed by atoms with E-state index >= 15 is 0 Å². The minimum atomic E-state index is -0.0532. The van der Waals surface area contributed by atoms with Crippen molar-refractivity contribution in [2.75, 3.05) is 0 Å². The predicted octanol–water partition coefficient (Wildman–Crippen LogP) is 3.23. The Hall–Kier alpha value is -2.15. The van der Waals surface area contributed by atoms with Crippen molar-refractivity contribution >= 4 is 0 Å². The summed E-state index contributed by atoms with van der Waals surface area (Å²) in [7, 11) is 0. The standard InChI is InChI=1S/C16H17N3O/c1-10-4-6-11(7-5-10)8-13-18-15(20-19-13)14-12(9-17)16(14,2)3/h4-7,12,14H,8H2,1-3H3. The van der Waals surface area contributed by atoms with Crippen LogP contribution in [-0.2, 0) is 6.42 Å². The summed E-state index contributed by atoms with van der Waals surface area (Å²) in [5.41, 5.74) is 2.34. The van der Waals surface area contributed by atoms with Crippen LogP contribution < -0.4 is 0 Å². The molecule has 0 radical (unpaired) electrons. The molecule has 1 aliphatic rings. The van der Waals surface area contributed by atoms with Crippen LogP contribution in [0, 0.1) is 29.6 Å². The number of rotatable bonds is 3. The number of nitrogens with zero attached hydrogens (tertiary/aromatic N) is 3. The third kappa shape index (κ3) is 2.09. The van der Waals surface area contributed by atoms with Crippen molar-refractivity contribution in [2.24, 2.45) is 11.3 Å². The third-order valence-corrected chi connectivity index (χ3v) is 4.20. The maximum atomic E-state index is 9.10. The molecule has 1 heterocycles. The summed E-state index contributed by atoms with van der Waals surface area (Å²) in [6.07, 6.45) is 0.661. The van der Waals surface area contributed by atoms with Crippen molar-refractivity contribution in [2.45, 2.75) is 33.1 Å². The van der Waals surface area contributed by atoms with Crippen LogP contribution in [0.2, 0.25) is 0 Å². The average molecular weight is 267 g/mol. The first kappa shape index (κ1) is 12.9. The van der Waals surface area contributed by atoms with E-state index in [1.165, 1.54) is 5.56 Å². The zero-order chi connectivity index (χ0) is 14.3. The molecule has 1 aromatic carbocycles. The summed E-state index contributed by atoms with van der Waals surface area (Å²) >= 11 is 0. The van der Waals surface area contributed by atoms with Gasteiger partial charge in [0, 0.05) is 6.42 Å². The largest absolute Gasteiger partial charge is 0.339 e. The van der Waals surface area contributed by atoms with E-state index in [0.29, 0.717) is 18.1 Å². The lowest BCUT2D eigenvalue weighted by Gasteiger charge is -1.97. The van der Waals surface area contributed by atoms with Gasteiger partial charge in [0.05, 0.1) is 17.9 Å². The normalized spacial score (nSPS) is 23.3. The Labute approximate surface area is 118 Å². The van der Waals surface area contributed by atoms with Crippen LogP contribution in [0.4, 0.5) is 0 Å². The second-order valence-corrected chi connectivity index (χ2v) is 6.12. The fourth-order valence-electron chi connectivity index (χ4n) is 2.69. The topological polar surface area (TPSA) is 62.7 Å². The predicted molar refractivity (Wildman–Crippen MR) is 73.9 cm³/mol. The molecule has 20 heavy (non-hydrogen) atoms. The molecular formula is C16H17N3O. The number of benzene rings is 1. The van der Waals surface area contributed by atoms with E-state index in [0.717, 1.165) is 5.56 Å². The highest BCUT2D eigenvalue weighted by atomic mass is 16.5. The van der Waals surface area contributed by atoms with Crippen molar-refractivity contribution in [1.82, 2.24) is 10.1 Å². The molecule has 3 rings (SSSR count). The minimum absolute atomic E-state index is 0.0184. The second-order valence-electron chi connectivity index (χ2n) is 6.12. The maximum absolute atomic E-state index is 9.10. The van der Waals surface area contributed by atoms with Gasteiger partial charge in [-0.2, -0.15) is 10.2 Å². The van der Waals surface area contributed by atoms with Crippen molar-refractivity contribution in [1.29, 1.82) is 5.26 Å². The zero-order valence-electron chi connectivity index (χ0n) is 11.9. The number of hydrogen-bond acceptors (Lipinski definition) is 4. The van der Waals surface area contributed by atoms with Gasteiger partial charge in [-0.05, 0) is 17.9 Å². The number of aryl methyl sites for hydroxylation is 1. The van der Waals surface area contributed by atoms with Crippen LogP contribution >= 0.6 is 0 Å². The molecule has 0 bridgehead atoms. The highest BCUT2D eigenvalue weighted by Crippen LogP contribution is 2.63. The number of hydrogen-bond donors (Lipinski definition) is 0. The van der Waals surface area contributed by atoms with Gasteiger partial charge in [0.25, 0.3) is 0 Å². The average Bonchev–Trinajstić information content (AvgIpc) is 2.75. The molecule has 1 aromatic heterocycles. The van der Waals surface area contributed by atoms with Gasteiger partial charge in [-0.15, -0.1) is 0 Å². The Balaban J connectivity index is 1.75. The first-order chi connectivity index (χ1) is 9.52. The summed E-state index contributed by atoms with van der Waals surface area (Å²) in [6, 6.07) is 10.6. The van der Waals surface area contributed by atoms with Crippen LogP contribution in [0.25, 0.3) is 0 Å². The van der Waals surface area contributed by atoms with Gasteiger partial charge in [-0.3, -0.25) is 0 Å². The zero-order valence-corrected chi connectivity index (χ0v) is 11.9. The summed E-state index contributed by atoms with van der Waals surface area (Å²) < 4.78 is 5.34. The molecule has 0 aliphatic heterocycles. The van der Waals surface area contributed by atoms with Gasteiger partial charge in [0.2, 0.25) is 5.89 Å². The third-order valence-electron chi connectivity index (χ3n) is 4.20. The molecule has 0 saturated heterocycles. The summed E-state index contributed by atoms with van der Waals surface area (Å²) in [5.74, 6) is 1.34. The van der Waals surface area contributed by atoms with Crippen LogP contribution in [-0.4, -0.2) is 10.1 Å². The smallest absolute Gasteiger partial charge is 0.231 e. The number of nitriles is 1. The van der Waals surface area contributed by atoms with Gasteiger partial charge in [0.15, 0.2) is 5.82 Å². The van der Waals surface area contributed by atoms with Crippen LogP contribution in [0.15, 0.2) is 28.8 Å². The fraction of sp³-hybridized carbons (Fsp3) is 0.438. The first-order valence-corrected chi connectivity index (χ1v) is 6.80. The van der Waals surface area contributed by atoms with E-state index in [-0.39, 0.29) is 17.3 Å². The van der Waals surface area contributed by atoms with E-state index in [2.05, 4.69) is 61.2 Å². The monoisotopic (exact) mass is 267 g/mol. The van der Waals surface area contributed by atoms with Crippen LogP contribution in [0.5, 0.6) is 0 Å². The second kappa shape index (κ2) is 4.45. The van der Waals surface area contributed by atoms with Gasteiger partial charge < -0.3 is 4.52 Å². The van der Waals surface area contributed by atoms with Gasteiger partial charge in [0.1, 0.15) is 0 Å². The van der Waals surface area contributed by atoms with E-state index in [4.69, 9.17) is 9.78 Å². The Bertz CT molecular complexity index is 664. The lowest BCUT2D eigenvalue weighted by Crippen LogP contribution is -1.93. The van der Waals surface area contributed by atoms with Gasteiger partial charge in [-0.25, -0.2) is 0 Å². The van der Waals surface area contributed by atoms with Crippen molar-refractivity contribution in [3.05, 3.63) is 47.1 Å². The van der Waals surface area contributed by atoms with Crippen molar-refractivity contribution < 1.29 is 4.52 Å². The van der Waals surface area contributed by atoms with Gasteiger partial charge >= 0.3 is 0 Å². The molecule has 1 aliphatic carbocycles. The van der Waals surface area contributed by atoms with E-state index in [1.807, 2.05) is 0 Å². The van der Waals surface area contributed by atoms with E-state index in [1.54, 1.807) is 0 Å². The van der Waals surface area contributed by atoms with E-state index < -0.39 is 0 Å². The Morgan fingerprint density at radius 2 is 2.00 bits per heavy atom. The highest BCUT2D eigenvalue weighted by molar-refractivity contribution is 5.27. The molecule has 4 nitrogen and oxygen atoms in total. The summed E-state index contributed by atoms with van der Waals surface area (Å²) in [6.45, 7) is 6.19. The molecule has 4 heteroatoms. The van der Waals surface area contributed by atoms with Gasteiger partial charge in [-0.1, -0.05) is 48.8 Å². The Kier molecular flexibility index (Phi) is 2.86. The van der Waals surface area contributed by atoms with Crippen LogP contribution in [0.1, 0.15) is 42.6 Å². The minimum Gasteiger partial charge on any atom is -0.339 e. The molecule has 2 aromatic rings. The molecule has 0 spiro atoms. The molecule has 0 N–H and O–H groups in total. The Morgan fingerprint density at radius 1 is 1.30 bits per heavy atom. The quantitative estimate of drug-likeness (QED) is 0.856. The molecule has 2 unspecified atom stereocenters. The fourth-order valence-corrected chi connectivity index (χ4v) is 2.69. The molecule has 102 valence electrons. The van der Waals surface area contributed by atoms with Crippen molar-refractivity contribution in [3.63, 3.8) is 0 Å². The molecule has 1 fully saturated rings. The lowest BCUT2D eigenvalue weighted by molar-refractivity contribution is 0.363. The van der Waals surface area contributed by atoms with Crippen LogP contribution in [0.3, 0.4) is 0 Å².